The molecule has 33 heavy (non-hydrogen) atoms. The van der Waals surface area contributed by atoms with Gasteiger partial charge in [0.25, 0.3) is 11.8 Å². The van der Waals surface area contributed by atoms with E-state index in [-0.39, 0.29) is 23.7 Å². The van der Waals surface area contributed by atoms with Crippen LogP contribution in [0.4, 0.5) is 14.9 Å². The van der Waals surface area contributed by atoms with Gasteiger partial charge in [-0.1, -0.05) is 35.9 Å². The molecule has 1 fully saturated rings. The second kappa shape index (κ2) is 9.56. The number of halogens is 3. The molecule has 0 atom stereocenters. The number of rotatable bonds is 5. The highest BCUT2D eigenvalue weighted by Crippen LogP contribution is 2.29. The molecule has 1 aliphatic rings. The zero-order valence-corrected chi connectivity index (χ0v) is 19.2. The summed E-state index contributed by atoms with van der Waals surface area (Å²) in [6.07, 6.45) is 1.37. The van der Waals surface area contributed by atoms with E-state index in [4.69, 9.17) is 16.3 Å². The number of ether oxygens (including phenoxy) is 1. The summed E-state index contributed by atoms with van der Waals surface area (Å²) in [5, 5.41) is 2.61. The summed E-state index contributed by atoms with van der Waals surface area (Å²) in [7, 11) is 0. The predicted molar refractivity (Wildman–Crippen MR) is 125 cm³/mol. The van der Waals surface area contributed by atoms with Crippen LogP contribution < -0.4 is 15.0 Å². The second-order valence-electron chi connectivity index (χ2n) is 7.00. The van der Waals surface area contributed by atoms with Crippen molar-refractivity contribution in [1.82, 2.24) is 5.32 Å². The number of hydrogen-bond acceptors (Lipinski definition) is 4. The summed E-state index contributed by atoms with van der Waals surface area (Å²) in [4.78, 5) is 38.4. The number of carbonyl (C=O) groups excluding carboxylic acids is 3. The molecule has 9 heteroatoms. The largest absolute Gasteiger partial charge is 0.488 e. The third-order valence-electron chi connectivity index (χ3n) is 4.79. The van der Waals surface area contributed by atoms with Gasteiger partial charge in [-0.3, -0.25) is 14.9 Å². The zero-order valence-electron chi connectivity index (χ0n) is 16.8. The first-order chi connectivity index (χ1) is 15.8. The van der Waals surface area contributed by atoms with Crippen molar-refractivity contribution in [3.05, 3.63) is 98.7 Å². The molecule has 1 aliphatic heterocycles. The highest BCUT2D eigenvalue weighted by atomic mass is 79.9. The molecule has 0 radical (unpaired) electrons. The van der Waals surface area contributed by atoms with E-state index in [0.29, 0.717) is 26.4 Å². The van der Waals surface area contributed by atoms with Crippen LogP contribution in [0.1, 0.15) is 11.1 Å². The fourth-order valence-electron chi connectivity index (χ4n) is 3.14. The Hall–Kier alpha value is -3.49. The van der Waals surface area contributed by atoms with Gasteiger partial charge in [0.05, 0.1) is 10.2 Å². The van der Waals surface area contributed by atoms with Crippen molar-refractivity contribution in [3.8, 4) is 5.75 Å². The van der Waals surface area contributed by atoms with Crippen LogP contribution >= 0.6 is 27.5 Å². The van der Waals surface area contributed by atoms with Crippen LogP contribution in [0.2, 0.25) is 5.02 Å². The monoisotopic (exact) mass is 528 g/mol. The maximum Gasteiger partial charge on any atom is 0.335 e. The van der Waals surface area contributed by atoms with E-state index in [0.717, 1.165) is 4.90 Å². The predicted octanol–water partition coefficient (Wildman–Crippen LogP) is 5.49. The lowest BCUT2D eigenvalue weighted by Crippen LogP contribution is -2.54. The van der Waals surface area contributed by atoms with Crippen molar-refractivity contribution in [2.75, 3.05) is 4.90 Å². The lowest BCUT2D eigenvalue weighted by molar-refractivity contribution is -0.122. The van der Waals surface area contributed by atoms with Crippen molar-refractivity contribution < 1.29 is 23.5 Å². The number of anilines is 1. The van der Waals surface area contributed by atoms with Crippen LogP contribution in [0.3, 0.4) is 0 Å². The Morgan fingerprint density at radius 2 is 1.76 bits per heavy atom. The fourth-order valence-corrected chi connectivity index (χ4v) is 3.78. The molecule has 0 spiro atoms. The Balaban J connectivity index is 1.57. The molecule has 1 N–H and O–H groups in total. The van der Waals surface area contributed by atoms with E-state index in [1.54, 1.807) is 36.4 Å². The van der Waals surface area contributed by atoms with Crippen LogP contribution in [0.15, 0.2) is 76.8 Å². The number of barbiturate groups is 1. The second-order valence-corrected chi connectivity index (χ2v) is 8.29. The van der Waals surface area contributed by atoms with Crippen LogP contribution in [0.25, 0.3) is 6.08 Å². The third-order valence-corrected chi connectivity index (χ3v) is 5.67. The van der Waals surface area contributed by atoms with Gasteiger partial charge in [0, 0.05) is 10.6 Å². The van der Waals surface area contributed by atoms with Crippen molar-refractivity contribution in [2.24, 2.45) is 0 Å². The van der Waals surface area contributed by atoms with Gasteiger partial charge < -0.3 is 4.74 Å². The van der Waals surface area contributed by atoms with Crippen LogP contribution in [0, 0.1) is 5.82 Å². The minimum Gasteiger partial charge on any atom is -0.488 e. The van der Waals surface area contributed by atoms with Crippen molar-refractivity contribution in [3.63, 3.8) is 0 Å². The summed E-state index contributed by atoms with van der Waals surface area (Å²) < 4.78 is 20.0. The van der Waals surface area contributed by atoms with Gasteiger partial charge in [0.15, 0.2) is 0 Å². The quantitative estimate of drug-likeness (QED) is 0.350. The maximum absolute atomic E-state index is 13.8. The molecule has 0 unspecified atom stereocenters. The number of hydrogen-bond donors (Lipinski definition) is 1. The molecule has 1 heterocycles. The Kier molecular flexibility index (Phi) is 6.57. The summed E-state index contributed by atoms with van der Waals surface area (Å²) in [5.74, 6) is -1.47. The summed E-state index contributed by atoms with van der Waals surface area (Å²) in [5.41, 5.74) is 0.992. The Bertz CT molecular complexity index is 1290. The van der Waals surface area contributed by atoms with Gasteiger partial charge in [-0.2, -0.15) is 0 Å². The molecule has 3 aromatic rings. The molecule has 166 valence electrons. The van der Waals surface area contributed by atoms with E-state index < -0.39 is 17.8 Å². The number of benzene rings is 3. The Morgan fingerprint density at radius 3 is 2.45 bits per heavy atom. The van der Waals surface area contributed by atoms with E-state index in [2.05, 4.69) is 21.2 Å². The Labute approximate surface area is 201 Å². The highest BCUT2D eigenvalue weighted by Gasteiger charge is 2.36. The van der Waals surface area contributed by atoms with Gasteiger partial charge in [-0.25, -0.2) is 14.1 Å². The topological polar surface area (TPSA) is 75.7 Å². The molecule has 0 aromatic heterocycles. The van der Waals surface area contributed by atoms with E-state index in [1.165, 1.54) is 36.4 Å². The summed E-state index contributed by atoms with van der Waals surface area (Å²) in [6.45, 7) is 0.0325. The summed E-state index contributed by atoms with van der Waals surface area (Å²) >= 11 is 9.26. The molecule has 4 amide bonds. The van der Waals surface area contributed by atoms with Gasteiger partial charge in [-0.05, 0) is 70.0 Å². The number of carbonyl (C=O) groups is 3. The average Bonchev–Trinajstić information content (AvgIpc) is 2.78. The standard InChI is InChI=1S/C24H15BrClFN2O4/c25-19-12-14(5-10-21(19)33-13-15-3-1-2-4-20(15)27)11-18-22(30)28-24(32)29(23(18)31)17-8-6-16(26)7-9-17/h1-12H,13H2,(H,28,30,32)/b18-11+. The maximum atomic E-state index is 13.8. The highest BCUT2D eigenvalue weighted by molar-refractivity contribution is 9.10. The molecule has 4 rings (SSSR count). The van der Waals surface area contributed by atoms with Crippen molar-refractivity contribution in [1.29, 1.82) is 0 Å². The molecule has 3 aromatic carbocycles. The van der Waals surface area contributed by atoms with E-state index in [9.17, 15) is 18.8 Å². The smallest absolute Gasteiger partial charge is 0.335 e. The van der Waals surface area contributed by atoms with Crippen molar-refractivity contribution >= 4 is 57.1 Å². The minimum atomic E-state index is -0.845. The van der Waals surface area contributed by atoms with Gasteiger partial charge in [0.1, 0.15) is 23.7 Å². The first-order valence-electron chi connectivity index (χ1n) is 9.66. The molecular formula is C24H15BrClFN2O4. The number of nitrogens with zero attached hydrogens (tertiary/aromatic N) is 1. The average molecular weight is 530 g/mol. The number of urea groups is 1. The third kappa shape index (κ3) is 4.97. The van der Waals surface area contributed by atoms with Crippen molar-refractivity contribution in [2.45, 2.75) is 6.61 Å². The van der Waals surface area contributed by atoms with Crippen LogP contribution in [-0.2, 0) is 16.2 Å². The SMILES string of the molecule is O=C1NC(=O)N(c2ccc(Cl)cc2)C(=O)/C1=C/c1ccc(OCc2ccccc2F)c(Br)c1. The normalized spacial score (nSPS) is 15.1. The molecule has 0 bridgehead atoms. The number of imide groups is 2. The molecule has 6 nitrogen and oxygen atoms in total. The lowest BCUT2D eigenvalue weighted by atomic mass is 10.1. The first-order valence-corrected chi connectivity index (χ1v) is 10.8. The van der Waals surface area contributed by atoms with Crippen LogP contribution in [0.5, 0.6) is 5.75 Å². The summed E-state index contributed by atoms with van der Waals surface area (Å²) in [6, 6.07) is 16.5. The zero-order chi connectivity index (χ0) is 23.5. The Morgan fingerprint density at radius 1 is 1.03 bits per heavy atom. The van der Waals surface area contributed by atoms with Gasteiger partial charge in [0.2, 0.25) is 0 Å². The van der Waals surface area contributed by atoms with E-state index in [1.807, 2.05) is 0 Å². The van der Waals surface area contributed by atoms with Gasteiger partial charge in [-0.15, -0.1) is 0 Å². The van der Waals surface area contributed by atoms with Crippen LogP contribution in [-0.4, -0.2) is 17.8 Å². The lowest BCUT2D eigenvalue weighted by Gasteiger charge is -2.26. The molecule has 0 aliphatic carbocycles. The van der Waals surface area contributed by atoms with Gasteiger partial charge >= 0.3 is 6.03 Å². The molecule has 0 saturated carbocycles. The number of nitrogens with one attached hydrogen (secondary N) is 1. The number of amides is 4. The first kappa shape index (κ1) is 22.7. The molecule has 1 saturated heterocycles. The fraction of sp³-hybridized carbons (Fsp3) is 0.0417. The van der Waals surface area contributed by atoms with E-state index >= 15 is 0 Å². The minimum absolute atomic E-state index is 0.0325. The molecular weight excluding hydrogens is 515 g/mol.